The summed E-state index contributed by atoms with van der Waals surface area (Å²) in [5.41, 5.74) is 3.09. The van der Waals surface area contributed by atoms with Gasteiger partial charge in [0.15, 0.2) is 0 Å². The molecule has 2 atom stereocenters. The Hall–Kier alpha value is 0.244. The molecule has 1 radical (unpaired) electrons. The molecule has 1 aromatic heterocycles. The van der Waals surface area contributed by atoms with Crippen LogP contribution in [-0.2, 0) is 44.5 Å². The molecule has 0 aliphatic heterocycles. The number of thiophene rings is 1. The van der Waals surface area contributed by atoms with Gasteiger partial charge in [0.25, 0.3) is 0 Å². The number of rotatable bonds is 5. The molecule has 3 heteroatoms. The quantitative estimate of drug-likeness (QED) is 0.387. The number of hydrogen-bond donors (Lipinski definition) is 0. The molecule has 1 aromatic carbocycles. The molecule has 0 nitrogen and oxygen atoms in total. The maximum atomic E-state index is 3.83. The first-order chi connectivity index (χ1) is 11.4. The Morgan fingerprint density at radius 3 is 2.48 bits per heavy atom. The maximum Gasteiger partial charge on any atom is 0.0183 e. The Labute approximate surface area is 190 Å². The molecule has 0 bridgehead atoms. The molecule has 0 saturated heterocycles. The smallest absolute Gasteiger partial charge is 0.0183 e. The van der Waals surface area contributed by atoms with Gasteiger partial charge in [-0.05, 0) is 39.8 Å². The van der Waals surface area contributed by atoms with E-state index in [4.69, 9.17) is 0 Å². The molecule has 25 heavy (non-hydrogen) atoms. The Bertz CT molecular complexity index is 680. The van der Waals surface area contributed by atoms with Gasteiger partial charge in [0.2, 0.25) is 0 Å². The van der Waals surface area contributed by atoms with Crippen molar-refractivity contribution in [2.24, 2.45) is 5.92 Å². The summed E-state index contributed by atoms with van der Waals surface area (Å²) in [5.74, 6) is 1.26. The van der Waals surface area contributed by atoms with Crippen molar-refractivity contribution in [3.8, 4) is 0 Å². The summed E-state index contributed by atoms with van der Waals surface area (Å²) in [5, 5.41) is 3.19. The fraction of sp³-hybridized carbons (Fsp3) is 0.455. The first-order valence-corrected chi connectivity index (χ1v) is 10.5. The SMILES string of the molecule is CC(C)(C)c1ccc(C2C(Br)=CC[C@@H]2CCCc2cc[c-]s2)cc1.[Y]. The molecule has 0 fully saturated rings. The third-order valence-corrected chi connectivity index (χ3v) is 6.72. The van der Waals surface area contributed by atoms with E-state index < -0.39 is 0 Å². The van der Waals surface area contributed by atoms with Crippen LogP contribution < -0.4 is 0 Å². The van der Waals surface area contributed by atoms with Crippen LogP contribution in [0.5, 0.6) is 0 Å². The summed E-state index contributed by atoms with van der Waals surface area (Å²) in [6.45, 7) is 6.83. The van der Waals surface area contributed by atoms with Gasteiger partial charge in [-0.15, -0.1) is 10.3 Å². The van der Waals surface area contributed by atoms with Gasteiger partial charge in [-0.1, -0.05) is 79.9 Å². The van der Waals surface area contributed by atoms with Gasteiger partial charge >= 0.3 is 0 Å². The predicted molar refractivity (Wildman–Crippen MR) is 109 cm³/mol. The van der Waals surface area contributed by atoms with Gasteiger partial charge in [-0.2, -0.15) is 6.07 Å². The number of allylic oxidation sites excluding steroid dienone is 2. The minimum atomic E-state index is 0. The summed E-state index contributed by atoms with van der Waals surface area (Å²) in [7, 11) is 0. The van der Waals surface area contributed by atoms with Crippen LogP contribution in [0, 0.1) is 11.3 Å². The van der Waals surface area contributed by atoms with Crippen molar-refractivity contribution in [3.05, 3.63) is 68.3 Å². The van der Waals surface area contributed by atoms with Crippen molar-refractivity contribution >= 4 is 27.3 Å². The third-order valence-electron chi connectivity index (χ3n) is 5.05. The van der Waals surface area contributed by atoms with Crippen molar-refractivity contribution in [1.82, 2.24) is 0 Å². The molecule has 1 heterocycles. The molecular weight excluding hydrogens is 465 g/mol. The van der Waals surface area contributed by atoms with Crippen LogP contribution >= 0.6 is 27.3 Å². The van der Waals surface area contributed by atoms with Crippen LogP contribution in [0.4, 0.5) is 0 Å². The number of aryl methyl sites for hydroxylation is 1. The molecule has 0 amide bonds. The standard InChI is InChI=1S/C22H26BrS.Y/c1-22(2,3)18-12-9-17(10-13-18)21-16(11-14-20(21)23)6-4-7-19-8-5-15-24-19;/h5,8-10,12-14,16,21H,4,6-7,11H2,1-3H3;/q-1;/t16-,21?;/m0./s1. The van der Waals surface area contributed by atoms with Crippen LogP contribution in [0.15, 0.2) is 47.0 Å². The normalized spacial score (nSPS) is 20.2. The van der Waals surface area contributed by atoms with Gasteiger partial charge in [0.1, 0.15) is 0 Å². The van der Waals surface area contributed by atoms with E-state index in [1.165, 1.54) is 46.2 Å². The molecule has 0 saturated carbocycles. The van der Waals surface area contributed by atoms with E-state index in [0.29, 0.717) is 5.92 Å². The second-order valence-corrected chi connectivity index (χ2v) is 9.73. The van der Waals surface area contributed by atoms with Crippen LogP contribution in [0.3, 0.4) is 0 Å². The summed E-state index contributed by atoms with van der Waals surface area (Å²) in [4.78, 5) is 1.46. The summed E-state index contributed by atoms with van der Waals surface area (Å²) in [6.07, 6.45) is 7.33. The van der Waals surface area contributed by atoms with Crippen molar-refractivity contribution in [3.63, 3.8) is 0 Å². The van der Waals surface area contributed by atoms with Gasteiger partial charge in [0.05, 0.1) is 0 Å². The van der Waals surface area contributed by atoms with Crippen molar-refractivity contribution < 1.29 is 32.7 Å². The molecule has 0 N–H and O–H groups in total. The Morgan fingerprint density at radius 2 is 1.88 bits per heavy atom. The molecule has 2 aromatic rings. The zero-order chi connectivity index (χ0) is 17.2. The van der Waals surface area contributed by atoms with Gasteiger partial charge < -0.3 is 11.3 Å². The van der Waals surface area contributed by atoms with Crippen LogP contribution in [0.1, 0.15) is 62.0 Å². The predicted octanol–water partition coefficient (Wildman–Crippen LogP) is 7.25. The van der Waals surface area contributed by atoms with Gasteiger partial charge in [-0.3, -0.25) is 0 Å². The first-order valence-electron chi connectivity index (χ1n) is 8.86. The van der Waals surface area contributed by atoms with E-state index in [9.17, 15) is 0 Å². The van der Waals surface area contributed by atoms with Crippen molar-refractivity contribution in [2.75, 3.05) is 0 Å². The second kappa shape index (κ2) is 9.44. The zero-order valence-corrected chi connectivity index (χ0v) is 20.6. The van der Waals surface area contributed by atoms with Crippen molar-refractivity contribution in [1.29, 1.82) is 0 Å². The van der Waals surface area contributed by atoms with Crippen LogP contribution in [0.2, 0.25) is 0 Å². The second-order valence-electron chi connectivity index (χ2n) is 7.85. The van der Waals surface area contributed by atoms with Crippen LogP contribution in [-0.4, -0.2) is 0 Å². The maximum absolute atomic E-state index is 3.83. The molecule has 3 rings (SSSR count). The molecule has 131 valence electrons. The van der Waals surface area contributed by atoms with Gasteiger partial charge in [-0.25, -0.2) is 6.07 Å². The van der Waals surface area contributed by atoms with Gasteiger partial charge in [0, 0.05) is 38.6 Å². The summed E-state index contributed by atoms with van der Waals surface area (Å²) < 4.78 is 1.38. The van der Waals surface area contributed by atoms with Crippen molar-refractivity contribution in [2.45, 2.75) is 57.8 Å². The molecule has 0 spiro atoms. The number of benzene rings is 1. The average molecular weight is 491 g/mol. The molecule has 1 aliphatic rings. The largest absolute Gasteiger partial charge is 0.300 e. The van der Waals surface area contributed by atoms with E-state index in [0.717, 1.165) is 5.92 Å². The molecule has 1 aliphatic carbocycles. The van der Waals surface area contributed by atoms with E-state index in [-0.39, 0.29) is 38.1 Å². The Balaban J connectivity index is 0.00000225. The molecular formula is C22H26BrSY-. The zero-order valence-electron chi connectivity index (χ0n) is 15.4. The molecule has 1 unspecified atom stereocenters. The van der Waals surface area contributed by atoms with E-state index in [1.54, 1.807) is 11.3 Å². The first kappa shape index (κ1) is 21.5. The topological polar surface area (TPSA) is 0 Å². The number of halogens is 1. The average Bonchev–Trinajstić information content (AvgIpc) is 3.17. The van der Waals surface area contributed by atoms with Crippen LogP contribution in [0.25, 0.3) is 0 Å². The summed E-state index contributed by atoms with van der Waals surface area (Å²) in [6, 6.07) is 13.5. The van der Waals surface area contributed by atoms with E-state index in [1.807, 2.05) is 6.07 Å². The fourth-order valence-electron chi connectivity index (χ4n) is 3.60. The van der Waals surface area contributed by atoms with E-state index in [2.05, 4.69) is 78.5 Å². The third kappa shape index (κ3) is 5.61. The Morgan fingerprint density at radius 1 is 1.16 bits per heavy atom. The Kier molecular flexibility index (Phi) is 8.14. The fourth-order valence-corrected chi connectivity index (χ4v) is 5.10. The minimum Gasteiger partial charge on any atom is -0.300 e. The van der Waals surface area contributed by atoms with E-state index >= 15 is 0 Å². The number of hydrogen-bond acceptors (Lipinski definition) is 1. The summed E-state index contributed by atoms with van der Waals surface area (Å²) >= 11 is 5.59. The minimum absolute atomic E-state index is 0. The monoisotopic (exact) mass is 490 g/mol.